The third-order valence-corrected chi connectivity index (χ3v) is 5.13. The van der Waals surface area contributed by atoms with Gasteiger partial charge in [0, 0.05) is 24.2 Å². The van der Waals surface area contributed by atoms with E-state index in [2.05, 4.69) is 10.2 Å². The monoisotopic (exact) mass is 333 g/mol. The third kappa shape index (κ3) is 3.15. The number of H-pyrrole nitrogens is 1. The minimum atomic E-state index is -3.66. The molecule has 0 amide bonds. The minimum absolute atomic E-state index is 0.0250. The van der Waals surface area contributed by atoms with Crippen LogP contribution in [0, 0.1) is 0 Å². The quantitative estimate of drug-likeness (QED) is 0.855. The van der Waals surface area contributed by atoms with Crippen molar-refractivity contribution in [1.29, 1.82) is 0 Å². The lowest BCUT2D eigenvalue weighted by Crippen LogP contribution is -2.27. The van der Waals surface area contributed by atoms with Gasteiger partial charge in [0.15, 0.2) is 5.03 Å². The van der Waals surface area contributed by atoms with Gasteiger partial charge in [-0.1, -0.05) is 23.7 Å². The molecule has 1 aromatic carbocycles. The number of aromatic nitrogens is 2. The van der Waals surface area contributed by atoms with E-state index in [1.54, 1.807) is 18.2 Å². The predicted molar refractivity (Wildman–Crippen MR) is 78.2 cm³/mol. The number of nitrogens with one attached hydrogen (secondary N) is 1. The molecule has 2 aromatic rings. The topological polar surface area (TPSA) is 66.1 Å². The lowest BCUT2D eigenvalue weighted by Gasteiger charge is -2.17. The van der Waals surface area contributed by atoms with Gasteiger partial charge in [-0.25, -0.2) is 8.42 Å². The Morgan fingerprint density at radius 1 is 1.40 bits per heavy atom. The summed E-state index contributed by atoms with van der Waals surface area (Å²) in [4.78, 5) is 0. The zero-order valence-electron chi connectivity index (χ0n) is 10.7. The number of hydrogen-bond acceptors (Lipinski definition) is 3. The van der Waals surface area contributed by atoms with Crippen LogP contribution in [0.2, 0.25) is 5.02 Å². The van der Waals surface area contributed by atoms with E-state index in [1.807, 2.05) is 6.07 Å². The van der Waals surface area contributed by atoms with Crippen LogP contribution in [0.5, 0.6) is 0 Å². The maximum absolute atomic E-state index is 12.4. The molecule has 5 nitrogen and oxygen atoms in total. The Morgan fingerprint density at radius 2 is 2.15 bits per heavy atom. The average molecular weight is 334 g/mol. The minimum Gasteiger partial charge on any atom is -0.266 e. The van der Waals surface area contributed by atoms with Crippen LogP contribution in [0.25, 0.3) is 0 Å². The van der Waals surface area contributed by atoms with Crippen molar-refractivity contribution in [2.75, 3.05) is 7.05 Å². The molecule has 0 aliphatic rings. The molecular weight excluding hydrogens is 321 g/mol. The van der Waals surface area contributed by atoms with Crippen molar-refractivity contribution in [2.24, 2.45) is 0 Å². The fourth-order valence-electron chi connectivity index (χ4n) is 1.75. The van der Waals surface area contributed by atoms with E-state index in [0.29, 0.717) is 10.6 Å². The van der Waals surface area contributed by atoms with Crippen molar-refractivity contribution in [2.45, 2.75) is 17.5 Å². The number of aromatic amines is 1. The molecule has 1 aromatic heterocycles. The van der Waals surface area contributed by atoms with Crippen LogP contribution < -0.4 is 0 Å². The predicted octanol–water partition coefficient (Wildman–Crippen LogP) is 2.62. The Balaban J connectivity index is 2.26. The Bertz CT molecular complexity index is 700. The standard InChI is InChI=1S/C12H13Cl2N3O2S/c1-17(8-9-3-2-4-11(14)5-9)20(18,19)12-10(6-13)7-15-16-12/h2-5,7H,6,8H2,1H3,(H,15,16). The number of alkyl halides is 1. The van der Waals surface area contributed by atoms with Gasteiger partial charge in [0.1, 0.15) is 0 Å². The molecule has 0 radical (unpaired) electrons. The molecule has 0 atom stereocenters. The average Bonchev–Trinajstić information content (AvgIpc) is 2.87. The first-order chi connectivity index (χ1) is 9.45. The molecule has 0 saturated heterocycles. The van der Waals surface area contributed by atoms with Crippen LogP contribution in [0.4, 0.5) is 0 Å². The van der Waals surface area contributed by atoms with Gasteiger partial charge in [-0.05, 0) is 17.7 Å². The number of nitrogens with zero attached hydrogens (tertiary/aromatic N) is 2. The van der Waals surface area contributed by atoms with Crippen LogP contribution in [0.3, 0.4) is 0 Å². The third-order valence-electron chi connectivity index (χ3n) is 2.78. The number of halogens is 2. The highest BCUT2D eigenvalue weighted by Gasteiger charge is 2.25. The Hall–Kier alpha value is -1.08. The summed E-state index contributed by atoms with van der Waals surface area (Å²) in [5, 5.41) is 6.80. The first-order valence-electron chi connectivity index (χ1n) is 5.74. The molecule has 8 heteroatoms. The first-order valence-corrected chi connectivity index (χ1v) is 8.09. The molecule has 1 N–H and O–H groups in total. The van der Waals surface area contributed by atoms with Gasteiger partial charge in [0.05, 0.1) is 12.1 Å². The molecule has 20 heavy (non-hydrogen) atoms. The molecule has 0 aliphatic carbocycles. The van der Waals surface area contributed by atoms with Crippen molar-refractivity contribution in [3.63, 3.8) is 0 Å². The number of sulfonamides is 1. The van der Waals surface area contributed by atoms with Gasteiger partial charge in [-0.2, -0.15) is 9.40 Å². The van der Waals surface area contributed by atoms with Crippen molar-refractivity contribution in [3.8, 4) is 0 Å². The van der Waals surface area contributed by atoms with Crippen molar-refractivity contribution >= 4 is 33.2 Å². The summed E-state index contributed by atoms with van der Waals surface area (Å²) >= 11 is 11.6. The Morgan fingerprint density at radius 3 is 2.80 bits per heavy atom. The number of rotatable bonds is 5. The molecule has 0 aliphatic heterocycles. The van der Waals surface area contributed by atoms with E-state index in [9.17, 15) is 8.42 Å². The summed E-state index contributed by atoms with van der Waals surface area (Å²) in [5.74, 6) is 0.0794. The Labute approximate surface area is 127 Å². The smallest absolute Gasteiger partial charge is 0.260 e. The van der Waals surface area contributed by atoms with E-state index in [-0.39, 0.29) is 17.5 Å². The van der Waals surface area contributed by atoms with Crippen molar-refractivity contribution in [1.82, 2.24) is 14.5 Å². The highest BCUT2D eigenvalue weighted by atomic mass is 35.5. The summed E-state index contributed by atoms with van der Waals surface area (Å²) in [5.41, 5.74) is 1.25. The van der Waals surface area contributed by atoms with Crippen LogP contribution in [0.15, 0.2) is 35.5 Å². The second-order valence-electron chi connectivity index (χ2n) is 4.25. The zero-order chi connectivity index (χ0) is 14.8. The molecule has 0 fully saturated rings. The summed E-state index contributed by atoms with van der Waals surface area (Å²) in [7, 11) is -2.17. The highest BCUT2D eigenvalue weighted by Crippen LogP contribution is 2.20. The number of benzene rings is 1. The second kappa shape index (κ2) is 6.13. The van der Waals surface area contributed by atoms with E-state index in [1.165, 1.54) is 17.5 Å². The van der Waals surface area contributed by atoms with E-state index >= 15 is 0 Å². The summed E-state index contributed by atoms with van der Waals surface area (Å²) in [6, 6.07) is 7.05. The fraction of sp³-hybridized carbons (Fsp3) is 0.250. The molecular formula is C12H13Cl2N3O2S. The van der Waals surface area contributed by atoms with E-state index in [4.69, 9.17) is 23.2 Å². The molecule has 0 unspecified atom stereocenters. The second-order valence-corrected chi connectivity index (χ2v) is 6.93. The van der Waals surface area contributed by atoms with Crippen LogP contribution in [-0.4, -0.2) is 30.0 Å². The van der Waals surface area contributed by atoms with Crippen LogP contribution >= 0.6 is 23.2 Å². The SMILES string of the molecule is CN(Cc1cccc(Cl)c1)S(=O)(=O)c1[nH]ncc1CCl. The van der Waals surface area contributed by atoms with E-state index < -0.39 is 10.0 Å². The lowest BCUT2D eigenvalue weighted by molar-refractivity contribution is 0.463. The molecule has 108 valence electrons. The van der Waals surface area contributed by atoms with E-state index in [0.717, 1.165) is 5.56 Å². The van der Waals surface area contributed by atoms with Gasteiger partial charge in [0.2, 0.25) is 0 Å². The molecule has 0 bridgehead atoms. The fourth-order valence-corrected chi connectivity index (χ4v) is 3.50. The van der Waals surface area contributed by atoms with Gasteiger partial charge in [0.25, 0.3) is 10.0 Å². The largest absolute Gasteiger partial charge is 0.266 e. The maximum atomic E-state index is 12.4. The van der Waals surface area contributed by atoms with Gasteiger partial charge < -0.3 is 0 Å². The molecule has 0 spiro atoms. The summed E-state index contributed by atoms with van der Waals surface area (Å²) < 4.78 is 26.1. The van der Waals surface area contributed by atoms with Crippen LogP contribution in [-0.2, 0) is 22.4 Å². The molecule has 0 saturated carbocycles. The number of hydrogen-bond donors (Lipinski definition) is 1. The summed E-state index contributed by atoms with van der Waals surface area (Å²) in [6.45, 7) is 0.212. The summed E-state index contributed by atoms with van der Waals surface area (Å²) in [6.07, 6.45) is 1.41. The van der Waals surface area contributed by atoms with Gasteiger partial charge in [-0.3, -0.25) is 5.10 Å². The molecule has 2 rings (SSSR count). The lowest BCUT2D eigenvalue weighted by atomic mass is 10.2. The van der Waals surface area contributed by atoms with Gasteiger partial charge in [-0.15, -0.1) is 11.6 Å². The van der Waals surface area contributed by atoms with Crippen molar-refractivity contribution in [3.05, 3.63) is 46.6 Å². The Kier molecular flexibility index (Phi) is 4.70. The normalized spacial score (nSPS) is 12.0. The first kappa shape index (κ1) is 15.3. The highest BCUT2D eigenvalue weighted by molar-refractivity contribution is 7.89. The van der Waals surface area contributed by atoms with Crippen molar-refractivity contribution < 1.29 is 8.42 Å². The van der Waals surface area contributed by atoms with Crippen LogP contribution in [0.1, 0.15) is 11.1 Å². The zero-order valence-corrected chi connectivity index (χ0v) is 13.0. The van der Waals surface area contributed by atoms with Gasteiger partial charge >= 0.3 is 0 Å². The maximum Gasteiger partial charge on any atom is 0.260 e. The molecule has 1 heterocycles.